The number of alkyl carbamates (subject to hydrolysis) is 1. The smallest absolute Gasteiger partial charge is 0.407 e. The molecule has 0 atom stereocenters. The van der Waals surface area contributed by atoms with Crippen molar-refractivity contribution in [3.8, 4) is 5.75 Å². The summed E-state index contributed by atoms with van der Waals surface area (Å²) in [5.74, 6) is 0.111. The van der Waals surface area contributed by atoms with E-state index in [-0.39, 0.29) is 12.4 Å². The summed E-state index contributed by atoms with van der Waals surface area (Å²) < 4.78 is 33.7. The highest BCUT2D eigenvalue weighted by molar-refractivity contribution is 5.67. The average molecular weight is 347 g/mol. The number of benzene rings is 2. The van der Waals surface area contributed by atoms with Crippen molar-refractivity contribution in [2.24, 2.45) is 0 Å². The van der Waals surface area contributed by atoms with Gasteiger partial charge in [0.2, 0.25) is 0 Å². The molecule has 0 radical (unpaired) electrons. The Kier molecular flexibility index (Phi) is 7.43. The first-order valence-electron chi connectivity index (χ1n) is 7.79. The Labute approximate surface area is 145 Å². The van der Waals surface area contributed by atoms with Gasteiger partial charge in [0.1, 0.15) is 12.4 Å². The van der Waals surface area contributed by atoms with E-state index in [9.17, 15) is 13.6 Å². The molecule has 0 saturated heterocycles. The minimum absolute atomic E-state index is 0.111. The maximum absolute atomic E-state index is 12.2. The summed E-state index contributed by atoms with van der Waals surface area (Å²) in [5.41, 5.74) is 1.66. The van der Waals surface area contributed by atoms with Crippen LogP contribution in [-0.2, 0) is 11.3 Å². The molecule has 0 unspecified atom stereocenters. The van der Waals surface area contributed by atoms with Gasteiger partial charge in [0.15, 0.2) is 0 Å². The van der Waals surface area contributed by atoms with Crippen LogP contribution in [0.3, 0.4) is 0 Å². The minimum atomic E-state index is -2.84. The zero-order valence-corrected chi connectivity index (χ0v) is 13.5. The summed E-state index contributed by atoms with van der Waals surface area (Å²) in [6, 6.07) is 15.8. The molecule has 6 heteroatoms. The third-order valence-electron chi connectivity index (χ3n) is 3.19. The van der Waals surface area contributed by atoms with Crippen molar-refractivity contribution in [3.63, 3.8) is 0 Å². The lowest BCUT2D eigenvalue weighted by molar-refractivity contribution is -0.0498. The highest BCUT2D eigenvalue weighted by atomic mass is 19.3. The fraction of sp³-hybridized carbons (Fsp3) is 0.211. The van der Waals surface area contributed by atoms with E-state index in [0.717, 1.165) is 11.1 Å². The van der Waals surface area contributed by atoms with Gasteiger partial charge in [-0.15, -0.1) is 0 Å². The van der Waals surface area contributed by atoms with Gasteiger partial charge in [-0.3, -0.25) is 0 Å². The number of amides is 1. The monoisotopic (exact) mass is 347 g/mol. The fourth-order valence-corrected chi connectivity index (χ4v) is 2.05. The Bertz CT molecular complexity index is 690. The number of hydrogen-bond donors (Lipinski definition) is 1. The SMILES string of the molecule is O=C(NCCC=Cc1cccc(OC(F)F)c1)OCc1ccccc1. The van der Waals surface area contributed by atoms with E-state index in [1.54, 1.807) is 18.2 Å². The van der Waals surface area contributed by atoms with Crippen molar-refractivity contribution >= 4 is 12.2 Å². The molecule has 132 valence electrons. The van der Waals surface area contributed by atoms with Gasteiger partial charge in [0.05, 0.1) is 0 Å². The van der Waals surface area contributed by atoms with Crippen LogP contribution in [0, 0.1) is 0 Å². The van der Waals surface area contributed by atoms with Crippen molar-refractivity contribution in [2.45, 2.75) is 19.6 Å². The molecule has 0 saturated carbocycles. The van der Waals surface area contributed by atoms with E-state index in [1.165, 1.54) is 12.1 Å². The molecule has 0 bridgehead atoms. The first-order valence-corrected chi connectivity index (χ1v) is 7.79. The van der Waals surface area contributed by atoms with Crippen molar-refractivity contribution < 1.29 is 23.0 Å². The summed E-state index contributed by atoms with van der Waals surface area (Å²) in [6.45, 7) is -2.21. The number of nitrogens with one attached hydrogen (secondary N) is 1. The Hall–Kier alpha value is -2.89. The third-order valence-corrected chi connectivity index (χ3v) is 3.19. The van der Waals surface area contributed by atoms with Crippen LogP contribution in [0.1, 0.15) is 17.5 Å². The molecule has 4 nitrogen and oxygen atoms in total. The number of halogens is 2. The quantitative estimate of drug-likeness (QED) is 0.709. The second-order valence-electron chi connectivity index (χ2n) is 5.13. The molecule has 0 heterocycles. The van der Waals surface area contributed by atoms with E-state index in [1.807, 2.05) is 36.4 Å². The topological polar surface area (TPSA) is 47.6 Å². The van der Waals surface area contributed by atoms with E-state index in [4.69, 9.17) is 4.74 Å². The summed E-state index contributed by atoms with van der Waals surface area (Å²) in [6.07, 6.45) is 3.71. The standard InChI is InChI=1S/C19H19F2NO3/c20-18(21)25-17-11-6-10-15(13-17)7-4-5-12-22-19(23)24-14-16-8-2-1-3-9-16/h1-4,6-11,13,18H,5,12,14H2,(H,22,23). The molecule has 25 heavy (non-hydrogen) atoms. The number of hydrogen-bond acceptors (Lipinski definition) is 3. The van der Waals surface area contributed by atoms with Gasteiger partial charge in [-0.05, 0) is 29.7 Å². The highest BCUT2D eigenvalue weighted by Crippen LogP contribution is 2.16. The van der Waals surface area contributed by atoms with Gasteiger partial charge in [-0.2, -0.15) is 8.78 Å². The highest BCUT2D eigenvalue weighted by Gasteiger charge is 2.03. The Morgan fingerprint density at radius 3 is 2.68 bits per heavy atom. The maximum Gasteiger partial charge on any atom is 0.407 e. The largest absolute Gasteiger partial charge is 0.445 e. The molecule has 2 rings (SSSR count). The molecule has 0 aliphatic carbocycles. The molecule has 0 spiro atoms. The lowest BCUT2D eigenvalue weighted by atomic mass is 10.2. The van der Waals surface area contributed by atoms with Gasteiger partial charge in [0, 0.05) is 6.54 Å². The Morgan fingerprint density at radius 1 is 1.12 bits per heavy atom. The fourth-order valence-electron chi connectivity index (χ4n) is 2.05. The second-order valence-corrected chi connectivity index (χ2v) is 5.13. The van der Waals surface area contributed by atoms with Crippen LogP contribution in [0.2, 0.25) is 0 Å². The van der Waals surface area contributed by atoms with Gasteiger partial charge >= 0.3 is 12.7 Å². The molecule has 0 aromatic heterocycles. The summed E-state index contributed by atoms with van der Waals surface area (Å²) in [5, 5.41) is 2.64. The first kappa shape index (κ1) is 18.4. The summed E-state index contributed by atoms with van der Waals surface area (Å²) in [7, 11) is 0. The van der Waals surface area contributed by atoms with Crippen LogP contribution < -0.4 is 10.1 Å². The zero-order chi connectivity index (χ0) is 17.9. The molecule has 2 aromatic rings. The normalized spacial score (nSPS) is 10.8. The van der Waals surface area contributed by atoms with E-state index >= 15 is 0 Å². The van der Waals surface area contributed by atoms with Crippen molar-refractivity contribution in [1.29, 1.82) is 0 Å². The van der Waals surface area contributed by atoms with Gasteiger partial charge in [-0.25, -0.2) is 4.79 Å². The predicted octanol–water partition coefficient (Wildman–Crippen LogP) is 4.62. The number of ether oxygens (including phenoxy) is 2. The molecule has 0 aliphatic heterocycles. The van der Waals surface area contributed by atoms with Crippen LogP contribution in [0.15, 0.2) is 60.7 Å². The van der Waals surface area contributed by atoms with Gasteiger partial charge in [0.25, 0.3) is 0 Å². The van der Waals surface area contributed by atoms with Crippen LogP contribution in [-0.4, -0.2) is 19.2 Å². The van der Waals surface area contributed by atoms with E-state index in [0.29, 0.717) is 13.0 Å². The maximum atomic E-state index is 12.2. The molecule has 1 amide bonds. The lowest BCUT2D eigenvalue weighted by Gasteiger charge is -2.06. The predicted molar refractivity (Wildman–Crippen MR) is 91.4 cm³/mol. The van der Waals surface area contributed by atoms with Gasteiger partial charge in [-0.1, -0.05) is 54.6 Å². The van der Waals surface area contributed by atoms with Crippen LogP contribution in [0.25, 0.3) is 6.08 Å². The van der Waals surface area contributed by atoms with Crippen molar-refractivity contribution in [3.05, 3.63) is 71.8 Å². The van der Waals surface area contributed by atoms with Crippen molar-refractivity contribution in [2.75, 3.05) is 6.54 Å². The molecule has 0 aliphatic rings. The second kappa shape index (κ2) is 10.1. The van der Waals surface area contributed by atoms with E-state index < -0.39 is 12.7 Å². The lowest BCUT2D eigenvalue weighted by Crippen LogP contribution is -2.24. The number of carbonyl (C=O) groups is 1. The average Bonchev–Trinajstić information content (AvgIpc) is 2.60. The molecule has 1 N–H and O–H groups in total. The van der Waals surface area contributed by atoms with Crippen LogP contribution >= 0.6 is 0 Å². The number of carbonyl (C=O) groups excluding carboxylic acids is 1. The first-order chi connectivity index (χ1) is 12.1. The Morgan fingerprint density at radius 2 is 1.92 bits per heavy atom. The van der Waals surface area contributed by atoms with Crippen LogP contribution in [0.4, 0.5) is 13.6 Å². The van der Waals surface area contributed by atoms with Gasteiger partial charge < -0.3 is 14.8 Å². The minimum Gasteiger partial charge on any atom is -0.445 e. The number of rotatable bonds is 8. The third kappa shape index (κ3) is 7.48. The zero-order valence-electron chi connectivity index (χ0n) is 13.5. The summed E-state index contributed by atoms with van der Waals surface area (Å²) in [4.78, 5) is 11.6. The van der Waals surface area contributed by atoms with Crippen LogP contribution in [0.5, 0.6) is 5.75 Å². The molecular weight excluding hydrogens is 328 g/mol. The summed E-state index contributed by atoms with van der Waals surface area (Å²) >= 11 is 0. The number of alkyl halides is 2. The van der Waals surface area contributed by atoms with Crippen molar-refractivity contribution in [1.82, 2.24) is 5.32 Å². The Balaban J connectivity index is 1.66. The molecule has 2 aromatic carbocycles. The molecular formula is C19H19F2NO3. The molecule has 0 fully saturated rings. The van der Waals surface area contributed by atoms with E-state index in [2.05, 4.69) is 10.1 Å².